The molecule has 1 aliphatic rings. The van der Waals surface area contributed by atoms with E-state index in [1.165, 1.54) is 11.8 Å². The number of benzene rings is 2. The molecule has 7 nitrogen and oxygen atoms in total. The van der Waals surface area contributed by atoms with E-state index >= 15 is 0 Å². The first-order chi connectivity index (χ1) is 15.4. The van der Waals surface area contributed by atoms with Gasteiger partial charge in [-0.15, -0.1) is 0 Å². The smallest absolute Gasteiger partial charge is 0.329 e. The number of fused-ring (bicyclic) bond motifs is 1. The van der Waals surface area contributed by atoms with Gasteiger partial charge in [0.05, 0.1) is 11.1 Å². The highest BCUT2D eigenvalue weighted by Gasteiger charge is 2.43. The van der Waals surface area contributed by atoms with Gasteiger partial charge in [0, 0.05) is 11.7 Å². The van der Waals surface area contributed by atoms with Crippen molar-refractivity contribution in [3.8, 4) is 0 Å². The van der Waals surface area contributed by atoms with Gasteiger partial charge in [-0.2, -0.15) is 11.8 Å². The minimum absolute atomic E-state index is 0.146. The minimum atomic E-state index is -1.09. The minimum Gasteiger partial charge on any atom is -0.454 e. The summed E-state index contributed by atoms with van der Waals surface area (Å²) in [6.45, 7) is 3.25. The highest BCUT2D eigenvalue weighted by Crippen LogP contribution is 2.27. The fourth-order valence-corrected chi connectivity index (χ4v) is 4.15. The monoisotopic (exact) mass is 454 g/mol. The first kappa shape index (κ1) is 23.5. The molecule has 0 bridgehead atoms. The fraction of sp³-hybridized carbons (Fsp3) is 0.333. The van der Waals surface area contributed by atoms with Crippen molar-refractivity contribution < 1.29 is 23.9 Å². The topological polar surface area (TPSA) is 84.0 Å². The Morgan fingerprint density at radius 2 is 1.53 bits per heavy atom. The molecular weight excluding hydrogens is 428 g/mol. The number of carbonyl (C=O) groups is 4. The summed E-state index contributed by atoms with van der Waals surface area (Å²) in [6.07, 6.45) is 2.11. The Morgan fingerprint density at radius 1 is 0.969 bits per heavy atom. The van der Waals surface area contributed by atoms with Gasteiger partial charge >= 0.3 is 5.97 Å². The van der Waals surface area contributed by atoms with E-state index < -0.39 is 30.4 Å². The Kier molecular flexibility index (Phi) is 7.69. The van der Waals surface area contributed by atoms with Crippen LogP contribution in [0.1, 0.15) is 41.0 Å². The van der Waals surface area contributed by atoms with Crippen LogP contribution in [0.4, 0.5) is 5.69 Å². The van der Waals surface area contributed by atoms with E-state index in [2.05, 4.69) is 0 Å². The molecule has 0 unspecified atom stereocenters. The number of amides is 3. The summed E-state index contributed by atoms with van der Waals surface area (Å²) in [5, 5.41) is 0. The summed E-state index contributed by atoms with van der Waals surface area (Å²) in [5.74, 6) is -1.64. The van der Waals surface area contributed by atoms with Gasteiger partial charge in [0.15, 0.2) is 6.61 Å². The second-order valence-electron chi connectivity index (χ2n) is 7.62. The molecule has 0 saturated heterocycles. The van der Waals surface area contributed by atoms with Crippen molar-refractivity contribution in [3.63, 3.8) is 0 Å². The van der Waals surface area contributed by atoms with Gasteiger partial charge in [0.25, 0.3) is 17.7 Å². The summed E-state index contributed by atoms with van der Waals surface area (Å²) in [6, 6.07) is 14.4. The third kappa shape index (κ3) is 4.85. The maximum atomic E-state index is 13.0. The van der Waals surface area contributed by atoms with Crippen molar-refractivity contribution in [2.45, 2.75) is 32.4 Å². The molecule has 0 spiro atoms. The molecule has 3 amide bonds. The molecule has 1 aliphatic heterocycles. The van der Waals surface area contributed by atoms with Crippen LogP contribution in [-0.4, -0.2) is 59.3 Å². The first-order valence-corrected chi connectivity index (χ1v) is 11.8. The van der Waals surface area contributed by atoms with Crippen LogP contribution in [0.2, 0.25) is 0 Å². The Hall–Kier alpha value is -3.13. The first-order valence-electron chi connectivity index (χ1n) is 10.4. The normalized spacial score (nSPS) is 13.8. The van der Waals surface area contributed by atoms with E-state index in [1.807, 2.05) is 38.3 Å². The number of anilines is 1. The van der Waals surface area contributed by atoms with E-state index in [4.69, 9.17) is 4.74 Å². The molecule has 0 fully saturated rings. The van der Waals surface area contributed by atoms with Crippen LogP contribution in [0.5, 0.6) is 0 Å². The number of imide groups is 1. The van der Waals surface area contributed by atoms with E-state index in [0.29, 0.717) is 11.4 Å². The number of rotatable bonds is 9. The molecule has 1 atom stereocenters. The van der Waals surface area contributed by atoms with Gasteiger partial charge in [-0.25, -0.2) is 4.79 Å². The molecule has 8 heteroatoms. The van der Waals surface area contributed by atoms with E-state index in [1.54, 1.807) is 41.3 Å². The van der Waals surface area contributed by atoms with Crippen molar-refractivity contribution in [1.82, 2.24) is 4.90 Å². The number of hydrogen-bond donors (Lipinski definition) is 0. The molecule has 0 aliphatic carbocycles. The van der Waals surface area contributed by atoms with Crippen molar-refractivity contribution in [2.75, 3.05) is 23.5 Å². The number of hydrogen-bond acceptors (Lipinski definition) is 6. The van der Waals surface area contributed by atoms with Crippen molar-refractivity contribution in [3.05, 3.63) is 65.7 Å². The SMILES string of the molecule is CSCC[C@H](C(=O)OCC(=O)N(c1ccccc1)C(C)C)N1C(=O)c2ccccc2C1=O. The van der Waals surface area contributed by atoms with Crippen molar-refractivity contribution in [1.29, 1.82) is 0 Å². The number of ether oxygens (including phenoxy) is 1. The summed E-state index contributed by atoms with van der Waals surface area (Å²) >= 11 is 1.49. The van der Waals surface area contributed by atoms with Crippen LogP contribution in [0.15, 0.2) is 54.6 Å². The predicted octanol–water partition coefficient (Wildman–Crippen LogP) is 3.39. The van der Waals surface area contributed by atoms with E-state index in [0.717, 1.165) is 4.90 Å². The van der Waals surface area contributed by atoms with Gasteiger partial charge in [0.2, 0.25) is 0 Å². The highest BCUT2D eigenvalue weighted by molar-refractivity contribution is 7.98. The molecule has 1 heterocycles. The van der Waals surface area contributed by atoms with Crippen LogP contribution in [0.3, 0.4) is 0 Å². The number of nitrogens with zero attached hydrogens (tertiary/aromatic N) is 2. The Morgan fingerprint density at radius 3 is 2.06 bits per heavy atom. The molecule has 2 aromatic rings. The summed E-state index contributed by atoms with van der Waals surface area (Å²) in [5.41, 5.74) is 1.24. The Bertz CT molecular complexity index is 973. The van der Waals surface area contributed by atoms with Crippen LogP contribution in [0, 0.1) is 0 Å². The molecular formula is C24H26N2O5S. The number of carbonyl (C=O) groups excluding carboxylic acids is 4. The number of esters is 1. The van der Waals surface area contributed by atoms with Crippen LogP contribution >= 0.6 is 11.8 Å². The Labute approximate surface area is 191 Å². The standard InChI is InChI=1S/C24H26N2O5S/c1-16(2)25(17-9-5-4-6-10-17)21(27)15-31-24(30)20(13-14-32-3)26-22(28)18-11-7-8-12-19(18)23(26)29/h4-12,16,20H,13-15H2,1-3H3/t20-/m1/s1. The van der Waals surface area contributed by atoms with E-state index in [9.17, 15) is 19.2 Å². The van der Waals surface area contributed by atoms with Crippen LogP contribution < -0.4 is 4.90 Å². The number of para-hydroxylation sites is 1. The molecule has 2 aromatic carbocycles. The molecule has 32 heavy (non-hydrogen) atoms. The zero-order valence-corrected chi connectivity index (χ0v) is 19.1. The maximum absolute atomic E-state index is 13.0. The van der Waals surface area contributed by atoms with E-state index in [-0.39, 0.29) is 29.5 Å². The molecule has 0 N–H and O–H groups in total. The fourth-order valence-electron chi connectivity index (χ4n) is 3.69. The second-order valence-corrected chi connectivity index (χ2v) is 8.61. The molecule has 0 aromatic heterocycles. The third-order valence-electron chi connectivity index (χ3n) is 5.16. The number of thioether (sulfide) groups is 1. The summed E-state index contributed by atoms with van der Waals surface area (Å²) in [4.78, 5) is 54.0. The molecule has 0 radical (unpaired) electrons. The summed E-state index contributed by atoms with van der Waals surface area (Å²) < 4.78 is 5.34. The van der Waals surface area contributed by atoms with Gasteiger partial charge < -0.3 is 9.64 Å². The lowest BCUT2D eigenvalue weighted by Gasteiger charge is -2.28. The lowest BCUT2D eigenvalue weighted by atomic mass is 10.1. The van der Waals surface area contributed by atoms with Crippen molar-refractivity contribution >= 4 is 41.1 Å². The quantitative estimate of drug-likeness (QED) is 0.427. The largest absolute Gasteiger partial charge is 0.454 e. The molecule has 0 saturated carbocycles. The Balaban J connectivity index is 1.75. The van der Waals surface area contributed by atoms with Gasteiger partial charge in [0.1, 0.15) is 6.04 Å². The average molecular weight is 455 g/mol. The van der Waals surface area contributed by atoms with Crippen LogP contribution in [0.25, 0.3) is 0 Å². The summed E-state index contributed by atoms with van der Waals surface area (Å²) in [7, 11) is 0. The predicted molar refractivity (Wildman–Crippen MR) is 124 cm³/mol. The second kappa shape index (κ2) is 10.5. The van der Waals surface area contributed by atoms with Gasteiger partial charge in [-0.3, -0.25) is 19.3 Å². The third-order valence-corrected chi connectivity index (χ3v) is 5.81. The molecule has 168 valence electrons. The lowest BCUT2D eigenvalue weighted by molar-refractivity contribution is -0.151. The molecule has 3 rings (SSSR count). The van der Waals surface area contributed by atoms with Gasteiger partial charge in [-0.05, 0) is 56.5 Å². The van der Waals surface area contributed by atoms with Crippen molar-refractivity contribution in [2.24, 2.45) is 0 Å². The highest BCUT2D eigenvalue weighted by atomic mass is 32.2. The average Bonchev–Trinajstić information content (AvgIpc) is 3.04. The van der Waals surface area contributed by atoms with Gasteiger partial charge in [-0.1, -0.05) is 30.3 Å². The van der Waals surface area contributed by atoms with Crippen LogP contribution in [-0.2, 0) is 14.3 Å². The lowest BCUT2D eigenvalue weighted by Crippen LogP contribution is -2.47. The zero-order chi connectivity index (χ0) is 23.3. The maximum Gasteiger partial charge on any atom is 0.329 e. The zero-order valence-electron chi connectivity index (χ0n) is 18.3.